The van der Waals surface area contributed by atoms with E-state index in [9.17, 15) is 4.79 Å². The molecule has 1 atom stereocenters. The summed E-state index contributed by atoms with van der Waals surface area (Å²) in [5.41, 5.74) is 7.37. The molecule has 2 heterocycles. The normalized spacial score (nSPS) is 20.3. The molecule has 0 fully saturated rings. The number of carbonyl (C=O) groups is 1. The molecule has 1 amide bonds. The minimum Gasteiger partial charge on any atom is -0.379 e. The Hall–Kier alpha value is -2.12. The number of nitrogens with zero attached hydrogens (tertiary/aromatic N) is 3. The molecule has 0 radical (unpaired) electrons. The minimum atomic E-state index is -0.379. The lowest BCUT2D eigenvalue weighted by Gasteiger charge is -2.30. The molecule has 3 rings (SSSR count). The van der Waals surface area contributed by atoms with Crippen molar-refractivity contribution in [3.8, 4) is 0 Å². The summed E-state index contributed by atoms with van der Waals surface area (Å²) >= 11 is 7.24. The van der Waals surface area contributed by atoms with Crippen LogP contribution in [0.2, 0.25) is 5.15 Å². The summed E-state index contributed by atoms with van der Waals surface area (Å²) in [4.78, 5) is 24.6. The largest absolute Gasteiger partial charge is 0.379 e. The van der Waals surface area contributed by atoms with Crippen LogP contribution >= 0.6 is 23.4 Å². The van der Waals surface area contributed by atoms with E-state index >= 15 is 0 Å². The summed E-state index contributed by atoms with van der Waals surface area (Å²) in [7, 11) is 0. The fourth-order valence-electron chi connectivity index (χ4n) is 2.45. The zero-order valence-corrected chi connectivity index (χ0v) is 14.6. The Morgan fingerprint density at radius 3 is 2.92 bits per heavy atom. The molecule has 24 heavy (non-hydrogen) atoms. The summed E-state index contributed by atoms with van der Waals surface area (Å²) < 4.78 is 0. The number of rotatable bonds is 3. The number of anilines is 1. The maximum atomic E-state index is 12.2. The second-order valence-electron chi connectivity index (χ2n) is 5.58. The fraction of sp³-hybridized carbons (Fsp3) is 0.250. The zero-order valence-electron chi connectivity index (χ0n) is 13.0. The van der Waals surface area contributed by atoms with Gasteiger partial charge in [-0.1, -0.05) is 35.5 Å². The van der Waals surface area contributed by atoms with E-state index in [1.807, 2.05) is 31.2 Å². The molecule has 124 valence electrons. The van der Waals surface area contributed by atoms with E-state index in [1.165, 1.54) is 12.4 Å². The number of nitrogens with two attached hydrogens (primary N) is 1. The number of thioether (sulfide) groups is 1. The van der Waals surface area contributed by atoms with E-state index < -0.39 is 0 Å². The second kappa shape index (κ2) is 6.78. The number of carbonyl (C=O) groups excluding carboxylic acids is 1. The number of benzene rings is 1. The van der Waals surface area contributed by atoms with Crippen molar-refractivity contribution in [2.24, 2.45) is 10.7 Å². The maximum Gasteiger partial charge on any atom is 0.275 e. The number of halogens is 1. The average molecular weight is 362 g/mol. The molecular weight excluding hydrogens is 346 g/mol. The average Bonchev–Trinajstić information content (AvgIpc) is 2.55. The van der Waals surface area contributed by atoms with Gasteiger partial charge in [0.2, 0.25) is 0 Å². The Labute approximate surface area is 148 Å². The van der Waals surface area contributed by atoms with Gasteiger partial charge in [-0.2, -0.15) is 0 Å². The molecule has 2 aromatic rings. The third kappa shape index (κ3) is 3.68. The number of aromatic nitrogens is 2. The quantitative estimate of drug-likeness (QED) is 0.876. The number of hydrogen-bond donors (Lipinski definition) is 2. The highest BCUT2D eigenvalue weighted by Gasteiger charge is 2.29. The Bertz CT molecular complexity index is 795. The number of amides is 1. The maximum absolute atomic E-state index is 12.2. The van der Waals surface area contributed by atoms with Gasteiger partial charge in [-0.15, -0.1) is 0 Å². The van der Waals surface area contributed by atoms with E-state index in [-0.39, 0.29) is 22.3 Å². The molecule has 1 aliphatic rings. The summed E-state index contributed by atoms with van der Waals surface area (Å²) in [6, 6.07) is 7.61. The van der Waals surface area contributed by atoms with Crippen molar-refractivity contribution >= 4 is 40.1 Å². The first kappa shape index (κ1) is 16.7. The summed E-state index contributed by atoms with van der Waals surface area (Å²) in [6.07, 6.45) is 3.57. The van der Waals surface area contributed by atoms with E-state index in [0.717, 1.165) is 17.7 Å². The van der Waals surface area contributed by atoms with Crippen LogP contribution in [0.4, 0.5) is 5.69 Å². The van der Waals surface area contributed by atoms with Crippen LogP contribution in [-0.2, 0) is 5.54 Å². The Morgan fingerprint density at radius 2 is 2.21 bits per heavy atom. The van der Waals surface area contributed by atoms with Gasteiger partial charge in [-0.05, 0) is 31.0 Å². The molecule has 3 N–H and O–H groups in total. The molecule has 0 bridgehead atoms. The van der Waals surface area contributed by atoms with Crippen LogP contribution in [0.15, 0.2) is 41.7 Å². The lowest BCUT2D eigenvalue weighted by molar-refractivity contribution is 0.102. The van der Waals surface area contributed by atoms with Crippen LogP contribution in [0.3, 0.4) is 0 Å². The van der Waals surface area contributed by atoms with Crippen molar-refractivity contribution in [1.82, 2.24) is 9.97 Å². The van der Waals surface area contributed by atoms with Gasteiger partial charge in [0.25, 0.3) is 5.91 Å². The second-order valence-corrected chi connectivity index (χ2v) is 7.08. The monoisotopic (exact) mass is 361 g/mol. The van der Waals surface area contributed by atoms with Gasteiger partial charge in [-0.3, -0.25) is 9.79 Å². The fourth-order valence-corrected chi connectivity index (χ4v) is 3.52. The number of amidine groups is 1. The number of aliphatic imine (C=N–C) groups is 1. The first-order valence-corrected chi connectivity index (χ1v) is 8.70. The van der Waals surface area contributed by atoms with E-state index in [2.05, 4.69) is 20.3 Å². The SMILES string of the molecule is CC1(c2cccc(NC(=O)c3cnc(Cl)cn3)c2)CCSC(N)=N1. The van der Waals surface area contributed by atoms with E-state index in [1.54, 1.807) is 11.8 Å². The Balaban J connectivity index is 1.82. The van der Waals surface area contributed by atoms with Crippen LogP contribution < -0.4 is 11.1 Å². The third-order valence-electron chi connectivity index (χ3n) is 3.79. The highest BCUT2D eigenvalue weighted by molar-refractivity contribution is 8.13. The third-order valence-corrected chi connectivity index (χ3v) is 4.78. The molecule has 0 spiro atoms. The first-order valence-electron chi connectivity index (χ1n) is 7.34. The topological polar surface area (TPSA) is 93.3 Å². The van der Waals surface area contributed by atoms with Crippen LogP contribution in [0.5, 0.6) is 0 Å². The first-order chi connectivity index (χ1) is 11.5. The van der Waals surface area contributed by atoms with Crippen molar-refractivity contribution < 1.29 is 4.79 Å². The predicted molar refractivity (Wildman–Crippen MR) is 97.5 cm³/mol. The Morgan fingerprint density at radius 1 is 1.38 bits per heavy atom. The van der Waals surface area contributed by atoms with Gasteiger partial charge in [0.15, 0.2) is 5.17 Å². The molecule has 0 aliphatic carbocycles. The van der Waals surface area contributed by atoms with Gasteiger partial charge in [-0.25, -0.2) is 9.97 Å². The van der Waals surface area contributed by atoms with Gasteiger partial charge in [0.1, 0.15) is 10.8 Å². The van der Waals surface area contributed by atoms with E-state index in [0.29, 0.717) is 10.9 Å². The van der Waals surface area contributed by atoms with Gasteiger partial charge < -0.3 is 11.1 Å². The molecule has 6 nitrogen and oxygen atoms in total. The molecule has 0 saturated heterocycles. The minimum absolute atomic E-state index is 0.201. The van der Waals surface area contributed by atoms with E-state index in [4.69, 9.17) is 17.3 Å². The van der Waals surface area contributed by atoms with Gasteiger partial charge >= 0.3 is 0 Å². The lowest BCUT2D eigenvalue weighted by atomic mass is 9.89. The van der Waals surface area contributed by atoms with Crippen LogP contribution in [-0.4, -0.2) is 26.8 Å². The smallest absolute Gasteiger partial charge is 0.275 e. The van der Waals surface area contributed by atoms with Gasteiger partial charge in [0, 0.05) is 11.4 Å². The lowest BCUT2D eigenvalue weighted by Crippen LogP contribution is -2.28. The summed E-state index contributed by atoms with van der Waals surface area (Å²) in [5.74, 6) is 0.576. The zero-order chi connectivity index (χ0) is 17.2. The number of nitrogens with one attached hydrogen (secondary N) is 1. The van der Waals surface area contributed by atoms with Crippen LogP contribution in [0.1, 0.15) is 29.4 Å². The van der Waals surface area contributed by atoms with Crippen molar-refractivity contribution in [3.63, 3.8) is 0 Å². The highest BCUT2D eigenvalue weighted by atomic mass is 35.5. The highest BCUT2D eigenvalue weighted by Crippen LogP contribution is 2.35. The van der Waals surface area contributed by atoms with Gasteiger partial charge in [0.05, 0.1) is 17.9 Å². The molecule has 0 saturated carbocycles. The standard InChI is InChI=1S/C16H16ClN5OS/c1-16(5-6-24-15(18)22-16)10-3-2-4-11(7-10)21-14(23)12-8-20-13(17)9-19-12/h2-4,7-9H,5-6H2,1H3,(H2,18,22)(H,21,23). The molecular formula is C16H16ClN5OS. The van der Waals surface area contributed by atoms with Crippen molar-refractivity contribution in [2.75, 3.05) is 11.1 Å². The van der Waals surface area contributed by atoms with Crippen molar-refractivity contribution in [2.45, 2.75) is 18.9 Å². The van der Waals surface area contributed by atoms with Crippen LogP contribution in [0, 0.1) is 0 Å². The van der Waals surface area contributed by atoms with Crippen molar-refractivity contribution in [3.05, 3.63) is 53.1 Å². The summed E-state index contributed by atoms with van der Waals surface area (Å²) in [5, 5.41) is 3.65. The molecule has 1 unspecified atom stereocenters. The number of hydrogen-bond acceptors (Lipinski definition) is 6. The molecule has 1 aromatic carbocycles. The summed E-state index contributed by atoms with van der Waals surface area (Å²) in [6.45, 7) is 2.05. The Kier molecular flexibility index (Phi) is 4.73. The molecule has 8 heteroatoms. The van der Waals surface area contributed by atoms with Crippen molar-refractivity contribution in [1.29, 1.82) is 0 Å². The predicted octanol–water partition coefficient (Wildman–Crippen LogP) is 3.05. The molecule has 1 aromatic heterocycles. The van der Waals surface area contributed by atoms with Crippen LogP contribution in [0.25, 0.3) is 0 Å². The molecule has 1 aliphatic heterocycles.